The number of carbonyl (C=O) groups is 1. The van der Waals surface area contributed by atoms with E-state index >= 15 is 0 Å². The van der Waals surface area contributed by atoms with Crippen LogP contribution in [0.2, 0.25) is 0 Å². The van der Waals surface area contributed by atoms with Crippen LogP contribution in [-0.4, -0.2) is 36.8 Å². The Hall–Kier alpha value is -1.66. The van der Waals surface area contributed by atoms with Crippen LogP contribution in [0.5, 0.6) is 0 Å². The van der Waals surface area contributed by atoms with Gasteiger partial charge in [0.1, 0.15) is 5.82 Å². The Balaban J connectivity index is 1.93. The number of nitrogens with zero attached hydrogens (tertiary/aromatic N) is 1. The molecule has 1 unspecified atom stereocenters. The molecule has 1 aromatic rings. The zero-order valence-corrected chi connectivity index (χ0v) is 8.68. The summed E-state index contributed by atoms with van der Waals surface area (Å²) in [5, 5.41) is 2.63. The van der Waals surface area contributed by atoms with E-state index in [1.807, 2.05) is 0 Å². The summed E-state index contributed by atoms with van der Waals surface area (Å²) < 4.78 is 10.4. The summed E-state index contributed by atoms with van der Waals surface area (Å²) in [5.74, 6) is 0.199. The van der Waals surface area contributed by atoms with Crippen molar-refractivity contribution in [2.75, 3.05) is 30.9 Å². The van der Waals surface area contributed by atoms with Gasteiger partial charge in [-0.1, -0.05) is 0 Å². The highest BCUT2D eigenvalue weighted by Crippen LogP contribution is 2.08. The van der Waals surface area contributed by atoms with Gasteiger partial charge in [0.15, 0.2) is 6.10 Å². The lowest BCUT2D eigenvalue weighted by Gasteiger charge is -2.21. The van der Waals surface area contributed by atoms with E-state index in [4.69, 9.17) is 15.2 Å². The molecule has 2 rings (SSSR count). The predicted molar refractivity (Wildman–Crippen MR) is 57.8 cm³/mol. The molecule has 0 spiro atoms. The molecular formula is C10H13N3O3. The van der Waals surface area contributed by atoms with Crippen molar-refractivity contribution in [1.29, 1.82) is 0 Å². The molecule has 16 heavy (non-hydrogen) atoms. The van der Waals surface area contributed by atoms with Gasteiger partial charge in [0.05, 0.1) is 31.7 Å². The number of anilines is 2. The zero-order chi connectivity index (χ0) is 11.4. The number of amides is 1. The largest absolute Gasteiger partial charge is 0.397 e. The Morgan fingerprint density at radius 3 is 3.00 bits per heavy atom. The Morgan fingerprint density at radius 2 is 2.38 bits per heavy atom. The van der Waals surface area contributed by atoms with Crippen LogP contribution >= 0.6 is 0 Å². The Kier molecular flexibility index (Phi) is 3.33. The van der Waals surface area contributed by atoms with Crippen LogP contribution in [0.1, 0.15) is 0 Å². The maximum absolute atomic E-state index is 11.7. The van der Waals surface area contributed by atoms with Gasteiger partial charge in [-0.2, -0.15) is 0 Å². The van der Waals surface area contributed by atoms with Gasteiger partial charge in [-0.25, -0.2) is 4.98 Å². The number of ether oxygens (including phenoxy) is 2. The van der Waals surface area contributed by atoms with Gasteiger partial charge < -0.3 is 20.5 Å². The number of nitrogen functional groups attached to an aromatic ring is 1. The molecule has 0 bridgehead atoms. The molecule has 1 aliphatic heterocycles. The molecule has 2 heterocycles. The van der Waals surface area contributed by atoms with Crippen LogP contribution in [0.4, 0.5) is 11.5 Å². The first-order valence-corrected chi connectivity index (χ1v) is 4.97. The maximum Gasteiger partial charge on any atom is 0.257 e. The minimum Gasteiger partial charge on any atom is -0.397 e. The number of hydrogen-bond acceptors (Lipinski definition) is 5. The number of pyridine rings is 1. The normalized spacial score (nSPS) is 20.4. The third kappa shape index (κ3) is 2.68. The lowest BCUT2D eigenvalue weighted by Crippen LogP contribution is -2.39. The number of nitrogens with two attached hydrogens (primary N) is 1. The minimum absolute atomic E-state index is 0.253. The molecule has 1 aliphatic rings. The highest BCUT2D eigenvalue weighted by molar-refractivity contribution is 5.93. The molecule has 3 N–H and O–H groups in total. The molecular weight excluding hydrogens is 210 g/mol. The molecule has 6 nitrogen and oxygen atoms in total. The van der Waals surface area contributed by atoms with Crippen LogP contribution in [0.3, 0.4) is 0 Å². The van der Waals surface area contributed by atoms with Gasteiger partial charge >= 0.3 is 0 Å². The molecule has 1 amide bonds. The monoisotopic (exact) mass is 223 g/mol. The number of carbonyl (C=O) groups excluding carboxylic acids is 1. The summed E-state index contributed by atoms with van der Waals surface area (Å²) in [5.41, 5.74) is 6.03. The first-order chi connectivity index (χ1) is 7.75. The van der Waals surface area contributed by atoms with Crippen molar-refractivity contribution in [3.05, 3.63) is 18.3 Å². The van der Waals surface area contributed by atoms with E-state index in [1.165, 1.54) is 6.20 Å². The van der Waals surface area contributed by atoms with Crippen LogP contribution in [0.15, 0.2) is 18.3 Å². The van der Waals surface area contributed by atoms with E-state index in [2.05, 4.69) is 10.3 Å². The van der Waals surface area contributed by atoms with E-state index in [9.17, 15) is 4.79 Å². The topological polar surface area (TPSA) is 86.5 Å². The maximum atomic E-state index is 11.7. The molecule has 1 saturated heterocycles. The fraction of sp³-hybridized carbons (Fsp3) is 0.400. The van der Waals surface area contributed by atoms with E-state index in [1.54, 1.807) is 12.1 Å². The van der Waals surface area contributed by atoms with Crippen molar-refractivity contribution in [2.24, 2.45) is 0 Å². The second-order valence-corrected chi connectivity index (χ2v) is 3.40. The van der Waals surface area contributed by atoms with E-state index in [0.717, 1.165) is 0 Å². The Labute approximate surface area is 92.7 Å². The molecule has 0 aliphatic carbocycles. The number of aromatic nitrogens is 1. The molecule has 0 aromatic carbocycles. The summed E-state index contributed by atoms with van der Waals surface area (Å²) in [6, 6.07) is 3.30. The van der Waals surface area contributed by atoms with E-state index in [0.29, 0.717) is 24.7 Å². The average molecular weight is 223 g/mol. The minimum atomic E-state index is -0.562. The smallest absolute Gasteiger partial charge is 0.257 e. The molecule has 6 heteroatoms. The third-order valence-corrected chi connectivity index (χ3v) is 2.15. The van der Waals surface area contributed by atoms with Gasteiger partial charge in [0.25, 0.3) is 5.91 Å². The van der Waals surface area contributed by atoms with Crippen molar-refractivity contribution in [3.8, 4) is 0 Å². The molecule has 1 fully saturated rings. The van der Waals surface area contributed by atoms with Crippen molar-refractivity contribution in [2.45, 2.75) is 6.10 Å². The van der Waals surface area contributed by atoms with Gasteiger partial charge in [-0.15, -0.1) is 0 Å². The highest BCUT2D eigenvalue weighted by atomic mass is 16.6. The van der Waals surface area contributed by atoms with Gasteiger partial charge in [0, 0.05) is 0 Å². The van der Waals surface area contributed by atoms with Gasteiger partial charge in [-0.3, -0.25) is 4.79 Å². The number of rotatable bonds is 2. The SMILES string of the molecule is Nc1ccc(NC(=O)C2COCCO2)nc1. The molecule has 1 aromatic heterocycles. The van der Waals surface area contributed by atoms with Crippen LogP contribution in [-0.2, 0) is 14.3 Å². The average Bonchev–Trinajstić information content (AvgIpc) is 2.33. The van der Waals surface area contributed by atoms with Gasteiger partial charge in [-0.05, 0) is 12.1 Å². The van der Waals surface area contributed by atoms with Crippen LogP contribution < -0.4 is 11.1 Å². The highest BCUT2D eigenvalue weighted by Gasteiger charge is 2.22. The summed E-state index contributed by atoms with van der Waals surface area (Å²) in [6.45, 7) is 1.25. The van der Waals surface area contributed by atoms with E-state index in [-0.39, 0.29) is 12.5 Å². The van der Waals surface area contributed by atoms with Crippen molar-refractivity contribution in [1.82, 2.24) is 4.98 Å². The predicted octanol–water partition coefficient (Wildman–Crippen LogP) is 0.0177. The Morgan fingerprint density at radius 1 is 1.50 bits per heavy atom. The molecule has 0 radical (unpaired) electrons. The third-order valence-electron chi connectivity index (χ3n) is 2.15. The summed E-state index contributed by atoms with van der Waals surface area (Å²) in [7, 11) is 0. The van der Waals surface area contributed by atoms with Crippen molar-refractivity contribution >= 4 is 17.4 Å². The second kappa shape index (κ2) is 4.91. The quantitative estimate of drug-likeness (QED) is 0.738. The van der Waals surface area contributed by atoms with Crippen molar-refractivity contribution in [3.63, 3.8) is 0 Å². The van der Waals surface area contributed by atoms with Crippen LogP contribution in [0.25, 0.3) is 0 Å². The molecule has 86 valence electrons. The fourth-order valence-electron chi connectivity index (χ4n) is 1.33. The Bertz CT molecular complexity index is 360. The lowest BCUT2D eigenvalue weighted by atomic mass is 10.3. The number of nitrogens with one attached hydrogen (secondary N) is 1. The van der Waals surface area contributed by atoms with Gasteiger partial charge in [0.2, 0.25) is 0 Å². The fourth-order valence-corrected chi connectivity index (χ4v) is 1.33. The lowest BCUT2D eigenvalue weighted by molar-refractivity contribution is -0.142. The zero-order valence-electron chi connectivity index (χ0n) is 8.68. The first-order valence-electron chi connectivity index (χ1n) is 4.97. The molecule has 0 saturated carbocycles. The van der Waals surface area contributed by atoms with Crippen molar-refractivity contribution < 1.29 is 14.3 Å². The number of hydrogen-bond donors (Lipinski definition) is 2. The molecule has 1 atom stereocenters. The first kappa shape index (κ1) is 10.8. The van der Waals surface area contributed by atoms with E-state index < -0.39 is 6.10 Å². The van der Waals surface area contributed by atoms with Crippen LogP contribution in [0, 0.1) is 0 Å². The standard InChI is InChI=1S/C10H13N3O3/c11-7-1-2-9(12-5-7)13-10(14)8-6-15-3-4-16-8/h1-2,5,8H,3-4,6,11H2,(H,12,13,14). The summed E-state index contributed by atoms with van der Waals surface area (Å²) in [4.78, 5) is 15.6. The summed E-state index contributed by atoms with van der Waals surface area (Å²) in [6.07, 6.45) is 0.918. The summed E-state index contributed by atoms with van der Waals surface area (Å²) >= 11 is 0. The second-order valence-electron chi connectivity index (χ2n) is 3.40.